The molecule has 0 fully saturated rings. The van der Waals surface area contributed by atoms with Gasteiger partial charge in [-0.15, -0.1) is 0 Å². The summed E-state index contributed by atoms with van der Waals surface area (Å²) in [6.45, 7) is 1.70. The molecule has 0 amide bonds. The normalized spacial score (nSPS) is 10.4. The summed E-state index contributed by atoms with van der Waals surface area (Å²) in [6.07, 6.45) is 1.71. The second kappa shape index (κ2) is 10.3. The molecule has 29 heavy (non-hydrogen) atoms. The quantitative estimate of drug-likeness (QED) is 0.561. The number of hydrogen-bond acceptors (Lipinski definition) is 6. The number of ether oxygens (including phenoxy) is 4. The van der Waals surface area contributed by atoms with E-state index in [1.807, 2.05) is 54.6 Å². The monoisotopic (exact) mass is 394 g/mol. The van der Waals surface area contributed by atoms with Crippen LogP contribution in [-0.2, 0) is 19.7 Å². The van der Waals surface area contributed by atoms with E-state index >= 15 is 0 Å². The zero-order valence-corrected chi connectivity index (χ0v) is 17.0. The van der Waals surface area contributed by atoms with Crippen LogP contribution in [0, 0.1) is 0 Å². The summed E-state index contributed by atoms with van der Waals surface area (Å²) in [5.41, 5.74) is 3.10. The van der Waals surface area contributed by atoms with Crippen LogP contribution in [0.5, 0.6) is 23.1 Å². The third kappa shape index (κ3) is 5.39. The predicted molar refractivity (Wildman–Crippen MR) is 112 cm³/mol. The van der Waals surface area contributed by atoms with E-state index in [1.54, 1.807) is 27.5 Å². The number of benzene rings is 2. The van der Waals surface area contributed by atoms with Crippen LogP contribution in [-0.4, -0.2) is 26.3 Å². The first-order chi connectivity index (χ1) is 14.2. The summed E-state index contributed by atoms with van der Waals surface area (Å²) in [5, 5.41) is 3.40. The zero-order valence-electron chi connectivity index (χ0n) is 17.0. The molecule has 0 aliphatic rings. The van der Waals surface area contributed by atoms with Gasteiger partial charge in [-0.3, -0.25) is 0 Å². The average Bonchev–Trinajstić information content (AvgIpc) is 2.78. The number of methoxy groups -OCH3 is 3. The highest BCUT2D eigenvalue weighted by Crippen LogP contribution is 2.39. The number of pyridine rings is 1. The molecule has 6 nitrogen and oxygen atoms in total. The van der Waals surface area contributed by atoms with E-state index in [2.05, 4.69) is 10.3 Å². The molecule has 2 aromatic carbocycles. The van der Waals surface area contributed by atoms with Gasteiger partial charge in [-0.25, -0.2) is 4.98 Å². The van der Waals surface area contributed by atoms with Crippen molar-refractivity contribution in [1.82, 2.24) is 10.3 Å². The Morgan fingerprint density at radius 1 is 0.793 bits per heavy atom. The number of nitrogens with zero attached hydrogens (tertiary/aromatic N) is 1. The Kier molecular flexibility index (Phi) is 7.30. The first-order valence-electron chi connectivity index (χ1n) is 9.35. The minimum atomic E-state index is 0.436. The van der Waals surface area contributed by atoms with Gasteiger partial charge in [0.05, 0.1) is 21.3 Å². The first kappa shape index (κ1) is 20.5. The maximum atomic E-state index is 6.00. The smallest absolute Gasteiger partial charge is 0.217 e. The summed E-state index contributed by atoms with van der Waals surface area (Å²) in [5.74, 6) is 2.49. The molecule has 152 valence electrons. The number of rotatable bonds is 10. The fourth-order valence-corrected chi connectivity index (χ4v) is 2.99. The van der Waals surface area contributed by atoms with Crippen molar-refractivity contribution in [3.63, 3.8) is 0 Å². The van der Waals surface area contributed by atoms with Gasteiger partial charge in [0.25, 0.3) is 0 Å². The van der Waals surface area contributed by atoms with Crippen LogP contribution in [0.2, 0.25) is 0 Å². The van der Waals surface area contributed by atoms with Gasteiger partial charge in [0.1, 0.15) is 6.61 Å². The Hall–Kier alpha value is -3.25. The predicted octanol–water partition coefficient (Wildman–Crippen LogP) is 3.98. The van der Waals surface area contributed by atoms with Crippen LogP contribution in [0.25, 0.3) is 0 Å². The van der Waals surface area contributed by atoms with Gasteiger partial charge >= 0.3 is 0 Å². The molecule has 0 saturated heterocycles. The maximum Gasteiger partial charge on any atom is 0.217 e. The average molecular weight is 394 g/mol. The molecule has 0 saturated carbocycles. The lowest BCUT2D eigenvalue weighted by molar-refractivity contribution is 0.265. The second-order valence-corrected chi connectivity index (χ2v) is 6.38. The van der Waals surface area contributed by atoms with E-state index in [4.69, 9.17) is 18.9 Å². The lowest BCUT2D eigenvalue weighted by atomic mass is 10.1. The first-order valence-corrected chi connectivity index (χ1v) is 9.35. The third-order valence-electron chi connectivity index (χ3n) is 4.43. The highest BCUT2D eigenvalue weighted by Gasteiger charge is 2.15. The van der Waals surface area contributed by atoms with E-state index in [1.165, 1.54) is 0 Å². The van der Waals surface area contributed by atoms with Gasteiger partial charge in [0, 0.05) is 24.8 Å². The van der Waals surface area contributed by atoms with E-state index in [0.717, 1.165) is 16.7 Å². The summed E-state index contributed by atoms with van der Waals surface area (Å²) in [7, 11) is 4.87. The zero-order chi connectivity index (χ0) is 20.5. The van der Waals surface area contributed by atoms with Crippen LogP contribution >= 0.6 is 0 Å². The summed E-state index contributed by atoms with van der Waals surface area (Å²) < 4.78 is 22.4. The van der Waals surface area contributed by atoms with Gasteiger partial charge in [0.15, 0.2) is 11.5 Å². The Morgan fingerprint density at radius 2 is 1.52 bits per heavy atom. The molecule has 0 aliphatic heterocycles. The number of aromatic nitrogens is 1. The molecule has 0 aliphatic carbocycles. The molecule has 1 aromatic heterocycles. The molecule has 0 radical (unpaired) electrons. The van der Waals surface area contributed by atoms with E-state index < -0.39 is 0 Å². The van der Waals surface area contributed by atoms with Crippen molar-refractivity contribution in [1.29, 1.82) is 0 Å². The van der Waals surface area contributed by atoms with Gasteiger partial charge in [-0.2, -0.15) is 0 Å². The van der Waals surface area contributed by atoms with Crippen molar-refractivity contribution >= 4 is 0 Å². The second-order valence-electron chi connectivity index (χ2n) is 6.38. The Bertz CT molecular complexity index is 891. The fourth-order valence-electron chi connectivity index (χ4n) is 2.99. The van der Waals surface area contributed by atoms with Gasteiger partial charge in [-0.1, -0.05) is 36.4 Å². The highest BCUT2D eigenvalue weighted by molar-refractivity contribution is 5.54. The standard InChI is InChI=1S/C23H26N2O4/c1-26-20-12-18(14-24-15-19-10-7-11-25-23(19)28-3)13-21(27-2)22(20)29-16-17-8-5-4-6-9-17/h4-13,24H,14-16H2,1-3H3. The van der Waals surface area contributed by atoms with E-state index in [0.29, 0.717) is 42.8 Å². The minimum Gasteiger partial charge on any atom is -0.493 e. The molecule has 0 unspecified atom stereocenters. The van der Waals surface area contributed by atoms with Crippen molar-refractivity contribution < 1.29 is 18.9 Å². The Labute approximate surface area is 171 Å². The molecule has 1 heterocycles. The Balaban J connectivity index is 1.70. The molecule has 0 spiro atoms. The lowest BCUT2D eigenvalue weighted by Crippen LogP contribution is -2.14. The van der Waals surface area contributed by atoms with E-state index in [9.17, 15) is 0 Å². The van der Waals surface area contributed by atoms with Gasteiger partial charge in [0.2, 0.25) is 11.6 Å². The molecule has 0 bridgehead atoms. The maximum absolute atomic E-state index is 6.00. The molecule has 3 aromatic rings. The van der Waals surface area contributed by atoms with E-state index in [-0.39, 0.29) is 0 Å². The molecule has 3 rings (SSSR count). The molecular formula is C23H26N2O4. The minimum absolute atomic E-state index is 0.436. The van der Waals surface area contributed by atoms with Crippen LogP contribution in [0.3, 0.4) is 0 Å². The van der Waals surface area contributed by atoms with Gasteiger partial charge < -0.3 is 24.3 Å². The molecular weight excluding hydrogens is 368 g/mol. The van der Waals surface area contributed by atoms with Crippen molar-refractivity contribution in [2.24, 2.45) is 0 Å². The molecule has 0 atom stereocenters. The summed E-state index contributed by atoms with van der Waals surface area (Å²) in [6, 6.07) is 17.8. The summed E-state index contributed by atoms with van der Waals surface area (Å²) in [4.78, 5) is 4.22. The van der Waals surface area contributed by atoms with Crippen LogP contribution in [0.15, 0.2) is 60.8 Å². The van der Waals surface area contributed by atoms with Crippen LogP contribution in [0.1, 0.15) is 16.7 Å². The number of nitrogens with one attached hydrogen (secondary N) is 1. The lowest BCUT2D eigenvalue weighted by Gasteiger charge is -2.16. The van der Waals surface area contributed by atoms with Crippen LogP contribution < -0.4 is 24.3 Å². The highest BCUT2D eigenvalue weighted by atomic mass is 16.5. The summed E-state index contributed by atoms with van der Waals surface area (Å²) >= 11 is 0. The van der Waals surface area contributed by atoms with Crippen molar-refractivity contribution in [3.8, 4) is 23.1 Å². The van der Waals surface area contributed by atoms with Crippen LogP contribution in [0.4, 0.5) is 0 Å². The van der Waals surface area contributed by atoms with Crippen molar-refractivity contribution in [2.75, 3.05) is 21.3 Å². The fraction of sp³-hybridized carbons (Fsp3) is 0.261. The van der Waals surface area contributed by atoms with Crippen molar-refractivity contribution in [2.45, 2.75) is 19.7 Å². The number of hydrogen-bond donors (Lipinski definition) is 1. The topological polar surface area (TPSA) is 61.8 Å². The largest absolute Gasteiger partial charge is 0.493 e. The van der Waals surface area contributed by atoms with Crippen molar-refractivity contribution in [3.05, 3.63) is 77.5 Å². The molecule has 6 heteroatoms. The third-order valence-corrected chi connectivity index (χ3v) is 4.43. The SMILES string of the molecule is COc1cc(CNCc2cccnc2OC)cc(OC)c1OCc1ccccc1. The Morgan fingerprint density at radius 3 is 2.17 bits per heavy atom. The molecule has 1 N–H and O–H groups in total. The van der Waals surface area contributed by atoms with Gasteiger partial charge in [-0.05, 0) is 29.3 Å².